The normalized spacial score (nSPS) is 16.1. The summed E-state index contributed by atoms with van der Waals surface area (Å²) in [6.45, 7) is 0. The maximum atomic E-state index is 12.6. The number of carbonyl (C=O) groups is 1. The van der Waals surface area contributed by atoms with Gasteiger partial charge in [0.2, 0.25) is 0 Å². The summed E-state index contributed by atoms with van der Waals surface area (Å²) in [5, 5.41) is 0.885. The number of anilines is 1. The number of rotatable bonds is 2. The van der Waals surface area contributed by atoms with E-state index in [1.54, 1.807) is 6.20 Å². The van der Waals surface area contributed by atoms with Crippen molar-refractivity contribution >= 4 is 33.1 Å². The van der Waals surface area contributed by atoms with Crippen molar-refractivity contribution in [3.05, 3.63) is 23.2 Å². The van der Waals surface area contributed by atoms with Crippen LogP contribution in [0, 0.1) is 0 Å². The minimum absolute atomic E-state index is 0.0346. The largest absolute Gasteiger partial charge is 0.397 e. The summed E-state index contributed by atoms with van der Waals surface area (Å²) < 4.78 is 0. The molecule has 1 saturated carbocycles. The van der Waals surface area contributed by atoms with Gasteiger partial charge in [-0.3, -0.25) is 4.79 Å². The van der Waals surface area contributed by atoms with Gasteiger partial charge in [-0.05, 0) is 25.0 Å². The summed E-state index contributed by atoms with van der Waals surface area (Å²) in [6, 6.07) is 4.13. The van der Waals surface area contributed by atoms with Crippen molar-refractivity contribution in [1.29, 1.82) is 0 Å². The molecule has 0 spiro atoms. The lowest BCUT2D eigenvalue weighted by Crippen LogP contribution is -2.35. The van der Waals surface area contributed by atoms with Crippen LogP contribution in [-0.2, 0) is 0 Å². The molecular weight excluding hydrogens is 258 g/mol. The van der Waals surface area contributed by atoms with Gasteiger partial charge in [0, 0.05) is 24.7 Å². The second-order valence-electron chi connectivity index (χ2n) is 5.06. The molecule has 4 nitrogen and oxygen atoms in total. The van der Waals surface area contributed by atoms with Gasteiger partial charge in [0.25, 0.3) is 5.91 Å². The molecule has 2 N–H and O–H groups in total. The van der Waals surface area contributed by atoms with Crippen LogP contribution >= 0.6 is 11.3 Å². The van der Waals surface area contributed by atoms with Gasteiger partial charge in [-0.15, -0.1) is 11.3 Å². The number of nitrogens with two attached hydrogens (primary N) is 1. The van der Waals surface area contributed by atoms with Crippen molar-refractivity contribution in [3.63, 3.8) is 0 Å². The first-order chi connectivity index (χ1) is 9.18. The molecule has 2 heterocycles. The number of carbonyl (C=O) groups excluding carboxylic acids is 1. The number of fused-ring (bicyclic) bond motifs is 1. The third-order valence-electron chi connectivity index (χ3n) is 3.89. The smallest absolute Gasteiger partial charge is 0.266 e. The van der Waals surface area contributed by atoms with Crippen molar-refractivity contribution in [2.75, 3.05) is 12.8 Å². The molecule has 1 fully saturated rings. The first kappa shape index (κ1) is 12.4. The molecule has 1 amide bonds. The van der Waals surface area contributed by atoms with Crippen LogP contribution in [0.3, 0.4) is 0 Å². The molecule has 2 aromatic rings. The number of nitrogen functional groups attached to an aromatic ring is 1. The number of aromatic nitrogens is 1. The van der Waals surface area contributed by atoms with Crippen molar-refractivity contribution in [2.24, 2.45) is 0 Å². The Morgan fingerprint density at radius 1 is 1.47 bits per heavy atom. The highest BCUT2D eigenvalue weighted by molar-refractivity contribution is 7.21. The highest BCUT2D eigenvalue weighted by Gasteiger charge is 2.27. The summed E-state index contributed by atoms with van der Waals surface area (Å²) in [6.07, 6.45) is 6.36. The van der Waals surface area contributed by atoms with E-state index in [9.17, 15) is 4.79 Å². The molecule has 0 saturated heterocycles. The maximum absolute atomic E-state index is 12.6. The van der Waals surface area contributed by atoms with Gasteiger partial charge < -0.3 is 10.6 Å². The van der Waals surface area contributed by atoms with E-state index in [0.29, 0.717) is 16.6 Å². The zero-order valence-electron chi connectivity index (χ0n) is 10.9. The Morgan fingerprint density at radius 3 is 2.89 bits per heavy atom. The van der Waals surface area contributed by atoms with Crippen LogP contribution in [0.4, 0.5) is 5.69 Å². The summed E-state index contributed by atoms with van der Waals surface area (Å²) in [4.78, 5) is 20.1. The Kier molecular flexibility index (Phi) is 3.14. The highest BCUT2D eigenvalue weighted by Crippen LogP contribution is 2.34. The van der Waals surface area contributed by atoms with Gasteiger partial charge in [0.15, 0.2) is 0 Å². The fourth-order valence-corrected chi connectivity index (χ4v) is 3.77. The Balaban J connectivity index is 1.94. The van der Waals surface area contributed by atoms with E-state index >= 15 is 0 Å². The van der Waals surface area contributed by atoms with Crippen LogP contribution in [0.25, 0.3) is 10.2 Å². The van der Waals surface area contributed by atoms with E-state index in [4.69, 9.17) is 5.73 Å². The van der Waals surface area contributed by atoms with E-state index in [1.165, 1.54) is 24.2 Å². The molecule has 3 rings (SSSR count). The minimum Gasteiger partial charge on any atom is -0.397 e. The molecule has 0 unspecified atom stereocenters. The molecule has 2 aromatic heterocycles. The summed E-state index contributed by atoms with van der Waals surface area (Å²) in [7, 11) is 1.88. The highest BCUT2D eigenvalue weighted by atomic mass is 32.1. The van der Waals surface area contributed by atoms with Crippen LogP contribution in [0.5, 0.6) is 0 Å². The number of thiophene rings is 1. The molecule has 0 bridgehead atoms. The van der Waals surface area contributed by atoms with E-state index in [1.807, 2.05) is 24.1 Å². The van der Waals surface area contributed by atoms with Crippen LogP contribution in [0.2, 0.25) is 0 Å². The molecule has 0 radical (unpaired) electrons. The van der Waals surface area contributed by atoms with E-state index in [2.05, 4.69) is 4.98 Å². The number of nitrogens with zero attached hydrogens (tertiary/aromatic N) is 2. The minimum atomic E-state index is 0.0346. The molecule has 1 aliphatic rings. The third-order valence-corrected chi connectivity index (χ3v) is 5.01. The van der Waals surface area contributed by atoms with Crippen molar-refractivity contribution < 1.29 is 4.79 Å². The zero-order valence-corrected chi connectivity index (χ0v) is 11.7. The SMILES string of the molecule is CN(C(=O)c1sc2ncccc2c1N)C1CCCC1. The summed E-state index contributed by atoms with van der Waals surface area (Å²) in [5.74, 6) is 0.0346. The average molecular weight is 275 g/mol. The number of hydrogen-bond donors (Lipinski definition) is 1. The predicted octanol–water partition coefficient (Wildman–Crippen LogP) is 2.89. The van der Waals surface area contributed by atoms with Gasteiger partial charge in [0.05, 0.1) is 5.69 Å². The first-order valence-corrected chi connectivity index (χ1v) is 7.40. The van der Waals surface area contributed by atoms with Crippen molar-refractivity contribution in [3.8, 4) is 0 Å². The maximum Gasteiger partial charge on any atom is 0.266 e. The molecule has 19 heavy (non-hydrogen) atoms. The quantitative estimate of drug-likeness (QED) is 0.916. The Labute approximate surface area is 116 Å². The fraction of sp³-hybridized carbons (Fsp3) is 0.429. The van der Waals surface area contributed by atoms with Gasteiger partial charge in [-0.25, -0.2) is 4.98 Å². The molecule has 0 atom stereocenters. The second kappa shape index (κ2) is 4.81. The van der Waals surface area contributed by atoms with Gasteiger partial charge in [-0.1, -0.05) is 12.8 Å². The van der Waals surface area contributed by atoms with Crippen molar-refractivity contribution in [1.82, 2.24) is 9.88 Å². The molecule has 0 aromatic carbocycles. The van der Waals surface area contributed by atoms with Gasteiger partial charge in [-0.2, -0.15) is 0 Å². The zero-order chi connectivity index (χ0) is 13.4. The Morgan fingerprint density at radius 2 is 2.21 bits per heavy atom. The third kappa shape index (κ3) is 2.08. The number of pyridine rings is 1. The first-order valence-electron chi connectivity index (χ1n) is 6.58. The van der Waals surface area contributed by atoms with Crippen LogP contribution < -0.4 is 5.73 Å². The predicted molar refractivity (Wildman–Crippen MR) is 78.4 cm³/mol. The second-order valence-corrected chi connectivity index (χ2v) is 6.05. The average Bonchev–Trinajstić information content (AvgIpc) is 3.06. The summed E-state index contributed by atoms with van der Waals surface area (Å²) in [5.41, 5.74) is 6.67. The fourth-order valence-electron chi connectivity index (χ4n) is 2.73. The molecular formula is C14H17N3OS. The topological polar surface area (TPSA) is 59.2 Å². The monoisotopic (exact) mass is 275 g/mol. The van der Waals surface area contributed by atoms with Gasteiger partial charge in [0.1, 0.15) is 9.71 Å². The molecule has 5 heteroatoms. The van der Waals surface area contributed by atoms with Crippen LogP contribution in [-0.4, -0.2) is 28.9 Å². The van der Waals surface area contributed by atoms with Crippen LogP contribution in [0.1, 0.15) is 35.4 Å². The lowest BCUT2D eigenvalue weighted by Gasteiger charge is -2.23. The molecule has 0 aliphatic heterocycles. The van der Waals surface area contributed by atoms with Crippen LogP contribution in [0.15, 0.2) is 18.3 Å². The Hall–Kier alpha value is -1.62. The lowest BCUT2D eigenvalue weighted by molar-refractivity contribution is 0.0741. The summed E-state index contributed by atoms with van der Waals surface area (Å²) >= 11 is 1.39. The molecule has 1 aliphatic carbocycles. The standard InChI is InChI=1S/C14H17N3OS/c1-17(9-5-2-3-6-9)14(18)12-11(15)10-7-4-8-16-13(10)19-12/h4,7-9H,2-3,5-6,15H2,1H3. The lowest BCUT2D eigenvalue weighted by atomic mass is 10.2. The van der Waals surface area contributed by atoms with Gasteiger partial charge >= 0.3 is 0 Å². The van der Waals surface area contributed by atoms with E-state index in [-0.39, 0.29) is 5.91 Å². The number of hydrogen-bond acceptors (Lipinski definition) is 4. The molecule has 100 valence electrons. The Bertz CT molecular complexity index is 616. The van der Waals surface area contributed by atoms with E-state index < -0.39 is 0 Å². The number of amides is 1. The van der Waals surface area contributed by atoms with Crippen molar-refractivity contribution in [2.45, 2.75) is 31.7 Å². The van der Waals surface area contributed by atoms with E-state index in [0.717, 1.165) is 23.1 Å².